The number of piperidine rings is 1. The summed E-state index contributed by atoms with van der Waals surface area (Å²) in [6, 6.07) is 17.0. The molecule has 38 heavy (non-hydrogen) atoms. The second-order valence-electron chi connectivity index (χ2n) is 9.96. The second kappa shape index (κ2) is 13.4. The molecule has 3 N–H and O–H groups in total. The number of hydrogen-bond donors (Lipinski definition) is 2. The van der Waals surface area contributed by atoms with Gasteiger partial charge in [0.05, 0.1) is 23.0 Å². The summed E-state index contributed by atoms with van der Waals surface area (Å²) in [5, 5.41) is 17.6. The molecule has 5 rings (SSSR count). The molecule has 0 amide bonds. The fraction of sp³-hybridized carbons (Fsp3) is 0.467. The van der Waals surface area contributed by atoms with Crippen LogP contribution in [0.15, 0.2) is 48.5 Å². The molecule has 0 atom stereocenters. The van der Waals surface area contributed by atoms with Crippen molar-refractivity contribution in [1.82, 2.24) is 9.78 Å². The van der Waals surface area contributed by atoms with Crippen molar-refractivity contribution in [2.24, 2.45) is 11.7 Å². The van der Waals surface area contributed by atoms with Gasteiger partial charge in [0.25, 0.3) is 0 Å². The zero-order valence-corrected chi connectivity index (χ0v) is 22.5. The number of hydrogen-bond acceptors (Lipinski definition) is 6. The van der Waals surface area contributed by atoms with Crippen LogP contribution >= 0.6 is 0 Å². The summed E-state index contributed by atoms with van der Waals surface area (Å²) in [4.78, 5) is 2.38. The van der Waals surface area contributed by atoms with E-state index in [9.17, 15) is 4.39 Å². The number of rotatable bonds is 7. The highest BCUT2D eigenvalue weighted by Crippen LogP contribution is 2.31. The number of nitrogens with zero attached hydrogens (tertiary/aromatic N) is 4. The van der Waals surface area contributed by atoms with Gasteiger partial charge in [-0.05, 0) is 69.0 Å². The van der Waals surface area contributed by atoms with Crippen LogP contribution in [0.5, 0.6) is 0 Å². The SMILES string of the molecule is CN.COC1CCN(c2cccc(-n3nc(NCC4CCCCC4)cc3-c3ccc(C#N)c(F)c3)c2)CC1. The first kappa shape index (κ1) is 27.6. The van der Waals surface area contributed by atoms with E-state index in [1.54, 1.807) is 13.2 Å². The Kier molecular flexibility index (Phi) is 9.74. The predicted molar refractivity (Wildman–Crippen MR) is 151 cm³/mol. The van der Waals surface area contributed by atoms with Gasteiger partial charge in [-0.25, -0.2) is 9.07 Å². The van der Waals surface area contributed by atoms with Gasteiger partial charge < -0.3 is 20.7 Å². The smallest absolute Gasteiger partial charge is 0.149 e. The van der Waals surface area contributed by atoms with Crippen LogP contribution in [0.25, 0.3) is 16.9 Å². The largest absolute Gasteiger partial charge is 0.381 e. The van der Waals surface area contributed by atoms with Gasteiger partial charge in [0.1, 0.15) is 17.7 Å². The fourth-order valence-corrected chi connectivity index (χ4v) is 5.45. The van der Waals surface area contributed by atoms with Crippen LogP contribution in [0.1, 0.15) is 50.5 Å². The molecule has 7 nitrogen and oxygen atoms in total. The zero-order valence-electron chi connectivity index (χ0n) is 22.5. The van der Waals surface area contributed by atoms with Crippen LogP contribution in [0, 0.1) is 23.1 Å². The summed E-state index contributed by atoms with van der Waals surface area (Å²) in [6.07, 6.45) is 8.77. The van der Waals surface area contributed by atoms with E-state index in [0.29, 0.717) is 17.6 Å². The van der Waals surface area contributed by atoms with E-state index >= 15 is 0 Å². The van der Waals surface area contributed by atoms with Crippen molar-refractivity contribution in [1.29, 1.82) is 5.26 Å². The first-order valence-electron chi connectivity index (χ1n) is 13.6. The average Bonchev–Trinajstić information content (AvgIpc) is 3.42. The molecule has 1 saturated carbocycles. The van der Waals surface area contributed by atoms with Crippen molar-refractivity contribution in [3.05, 3.63) is 59.9 Å². The molecule has 0 unspecified atom stereocenters. The quantitative estimate of drug-likeness (QED) is 0.415. The fourth-order valence-electron chi connectivity index (χ4n) is 5.45. The highest BCUT2D eigenvalue weighted by Gasteiger charge is 2.21. The standard InChI is InChI=1S/C29H34FN5O.CH5N/c1-36-26-12-14-34(15-13-26)24-8-5-9-25(17-24)35-28(22-10-11-23(19-31)27(30)16-22)18-29(33-35)32-20-21-6-3-2-4-7-21;1-2/h5,8-11,16-18,21,26H,2-4,6-7,12-15,20H2,1H3,(H,32,33);2H2,1H3. The molecule has 2 aromatic carbocycles. The average molecular weight is 519 g/mol. The monoisotopic (exact) mass is 518 g/mol. The summed E-state index contributed by atoms with van der Waals surface area (Å²) in [5.41, 5.74) is 8.09. The molecular formula is C30H39FN6O. The Morgan fingerprint density at radius 1 is 1.03 bits per heavy atom. The number of nitriles is 1. The van der Waals surface area contributed by atoms with Crippen molar-refractivity contribution < 1.29 is 9.13 Å². The molecule has 202 valence electrons. The first-order valence-corrected chi connectivity index (χ1v) is 13.6. The molecule has 1 aliphatic carbocycles. The van der Waals surface area contributed by atoms with Gasteiger partial charge in [-0.3, -0.25) is 0 Å². The van der Waals surface area contributed by atoms with Gasteiger partial charge in [0.15, 0.2) is 0 Å². The molecule has 3 aromatic rings. The Labute approximate surface area is 225 Å². The van der Waals surface area contributed by atoms with E-state index in [-0.39, 0.29) is 5.56 Å². The number of methoxy groups -OCH3 is 1. The van der Waals surface area contributed by atoms with Crippen LogP contribution in [0.4, 0.5) is 15.9 Å². The summed E-state index contributed by atoms with van der Waals surface area (Å²) < 4.78 is 22.0. The number of nitrogens with one attached hydrogen (secondary N) is 1. The third kappa shape index (κ3) is 6.53. The molecule has 1 aromatic heterocycles. The minimum absolute atomic E-state index is 0.0434. The molecule has 2 heterocycles. The van der Waals surface area contributed by atoms with Crippen molar-refractivity contribution in [3.63, 3.8) is 0 Å². The molecular weight excluding hydrogens is 479 g/mol. The number of ether oxygens (including phenoxy) is 1. The van der Waals surface area contributed by atoms with E-state index in [4.69, 9.17) is 15.1 Å². The molecule has 0 spiro atoms. The van der Waals surface area contributed by atoms with E-state index < -0.39 is 5.82 Å². The lowest BCUT2D eigenvalue weighted by molar-refractivity contribution is 0.0819. The maximum Gasteiger partial charge on any atom is 0.149 e. The predicted octanol–water partition coefficient (Wildman–Crippen LogP) is 5.73. The third-order valence-corrected chi connectivity index (χ3v) is 7.61. The Balaban J connectivity index is 0.00000164. The van der Waals surface area contributed by atoms with Gasteiger partial charge >= 0.3 is 0 Å². The highest BCUT2D eigenvalue weighted by atomic mass is 19.1. The Hall–Kier alpha value is -3.41. The Morgan fingerprint density at radius 2 is 1.76 bits per heavy atom. The molecule has 2 aliphatic rings. The van der Waals surface area contributed by atoms with Gasteiger partial charge in [-0.1, -0.05) is 31.4 Å². The van der Waals surface area contributed by atoms with Gasteiger partial charge in [-0.2, -0.15) is 5.26 Å². The van der Waals surface area contributed by atoms with Gasteiger partial charge in [-0.15, -0.1) is 5.10 Å². The van der Waals surface area contributed by atoms with E-state index in [0.717, 1.165) is 55.4 Å². The normalized spacial score (nSPS) is 16.4. The van der Waals surface area contributed by atoms with Crippen molar-refractivity contribution in [3.8, 4) is 23.0 Å². The van der Waals surface area contributed by atoms with Gasteiger partial charge in [0, 0.05) is 44.1 Å². The van der Waals surface area contributed by atoms with Crippen LogP contribution in [-0.4, -0.2) is 49.7 Å². The number of halogens is 1. The second-order valence-corrected chi connectivity index (χ2v) is 9.96. The summed E-state index contributed by atoms with van der Waals surface area (Å²) >= 11 is 0. The molecule has 2 fully saturated rings. The lowest BCUT2D eigenvalue weighted by Crippen LogP contribution is -2.36. The minimum Gasteiger partial charge on any atom is -0.381 e. The maximum absolute atomic E-state index is 14.6. The summed E-state index contributed by atoms with van der Waals surface area (Å²) in [5.74, 6) is 0.930. The Bertz CT molecular complexity index is 1220. The van der Waals surface area contributed by atoms with Crippen LogP contribution in [0.2, 0.25) is 0 Å². The zero-order chi connectivity index (χ0) is 26.9. The van der Waals surface area contributed by atoms with E-state index in [1.165, 1.54) is 51.3 Å². The van der Waals surface area contributed by atoms with Crippen molar-refractivity contribution in [2.45, 2.75) is 51.0 Å². The number of benzene rings is 2. The molecule has 0 radical (unpaired) electrons. The summed E-state index contributed by atoms with van der Waals surface area (Å²) in [7, 11) is 3.28. The third-order valence-electron chi connectivity index (χ3n) is 7.61. The Morgan fingerprint density at radius 3 is 2.45 bits per heavy atom. The lowest BCUT2D eigenvalue weighted by atomic mass is 9.89. The number of nitrogens with two attached hydrogens (primary N) is 1. The van der Waals surface area contributed by atoms with Crippen molar-refractivity contribution in [2.75, 3.05) is 44.0 Å². The van der Waals surface area contributed by atoms with Crippen LogP contribution < -0.4 is 16.0 Å². The lowest BCUT2D eigenvalue weighted by Gasteiger charge is -2.33. The minimum atomic E-state index is -0.519. The van der Waals surface area contributed by atoms with Crippen molar-refractivity contribution >= 4 is 11.5 Å². The van der Waals surface area contributed by atoms with E-state index in [1.807, 2.05) is 29.0 Å². The number of aromatic nitrogens is 2. The first-order chi connectivity index (χ1) is 18.6. The van der Waals surface area contributed by atoms with Crippen LogP contribution in [0.3, 0.4) is 0 Å². The molecule has 1 aliphatic heterocycles. The van der Waals surface area contributed by atoms with Crippen LogP contribution in [-0.2, 0) is 4.74 Å². The molecule has 1 saturated heterocycles. The maximum atomic E-state index is 14.6. The highest BCUT2D eigenvalue weighted by molar-refractivity contribution is 5.68. The van der Waals surface area contributed by atoms with Gasteiger partial charge in [0.2, 0.25) is 0 Å². The molecule has 8 heteroatoms. The topological polar surface area (TPSA) is 92.1 Å². The molecule has 0 bridgehead atoms. The van der Waals surface area contributed by atoms with E-state index in [2.05, 4.69) is 28.1 Å². The number of anilines is 2. The summed E-state index contributed by atoms with van der Waals surface area (Å²) in [6.45, 7) is 2.79.